The smallest absolute Gasteiger partial charge is 0.337 e. The third-order valence-electron chi connectivity index (χ3n) is 5.60. The fourth-order valence-electron chi connectivity index (χ4n) is 3.90. The van der Waals surface area contributed by atoms with Crippen molar-refractivity contribution in [3.05, 3.63) is 74.0 Å². The predicted octanol–water partition coefficient (Wildman–Crippen LogP) is 2.73. The maximum Gasteiger partial charge on any atom is 0.337 e. The van der Waals surface area contributed by atoms with Crippen molar-refractivity contribution >= 4 is 34.7 Å². The van der Waals surface area contributed by atoms with Gasteiger partial charge in [-0.05, 0) is 31.5 Å². The first kappa shape index (κ1) is 23.2. The molecule has 0 unspecified atom stereocenters. The van der Waals surface area contributed by atoms with E-state index in [1.807, 2.05) is 13.8 Å². The molecule has 0 spiro atoms. The van der Waals surface area contributed by atoms with E-state index in [0.29, 0.717) is 28.2 Å². The maximum absolute atomic E-state index is 13.5. The number of aryl methyl sites for hydroxylation is 1. The molecule has 0 aliphatic heterocycles. The van der Waals surface area contributed by atoms with Crippen LogP contribution in [0.2, 0.25) is 5.15 Å². The molecule has 0 amide bonds. The first-order chi connectivity index (χ1) is 16.2. The molecule has 3 heterocycles. The van der Waals surface area contributed by atoms with Gasteiger partial charge in [-0.15, -0.1) is 0 Å². The zero-order chi connectivity index (χ0) is 24.6. The van der Waals surface area contributed by atoms with E-state index in [1.54, 1.807) is 37.6 Å². The van der Waals surface area contributed by atoms with Crippen LogP contribution >= 0.6 is 11.6 Å². The molecule has 0 saturated heterocycles. The largest absolute Gasteiger partial charge is 0.496 e. The average molecular weight is 483 g/mol. The summed E-state index contributed by atoms with van der Waals surface area (Å²) in [5.41, 5.74) is 9.69. The lowest BCUT2D eigenvalue weighted by Crippen LogP contribution is -2.26. The number of anilines is 1. The van der Waals surface area contributed by atoms with Gasteiger partial charge in [-0.1, -0.05) is 23.7 Å². The number of benzene rings is 1. The Morgan fingerprint density at radius 1 is 1.09 bits per heavy atom. The third kappa shape index (κ3) is 4.08. The molecular formula is C23H23ClN6O4. The Kier molecular flexibility index (Phi) is 6.25. The van der Waals surface area contributed by atoms with Gasteiger partial charge in [0.25, 0.3) is 0 Å². The molecular weight excluding hydrogens is 460 g/mol. The van der Waals surface area contributed by atoms with E-state index in [4.69, 9.17) is 26.8 Å². The summed E-state index contributed by atoms with van der Waals surface area (Å²) in [6, 6.07) is 6.75. The number of aromatic nitrogens is 5. The summed E-state index contributed by atoms with van der Waals surface area (Å²) in [4.78, 5) is 38.1. The van der Waals surface area contributed by atoms with Gasteiger partial charge in [0, 0.05) is 17.3 Å². The van der Waals surface area contributed by atoms with Crippen LogP contribution in [0.3, 0.4) is 0 Å². The first-order valence-electron chi connectivity index (χ1n) is 10.3. The standard InChI is InChI=1S/C23H23ClN6O4/c1-12-9-26-16(13(2)18(12)33-3)11-30-20-17(19(24)27-22(25)28-20)29(23(30)32)10-14-5-7-15(8-6-14)21(31)34-4/h5-9H,10-11H2,1-4H3,(H2,25,27,28). The van der Waals surface area contributed by atoms with Gasteiger partial charge in [0.1, 0.15) is 11.3 Å². The van der Waals surface area contributed by atoms with Gasteiger partial charge in [0.15, 0.2) is 10.8 Å². The number of halogens is 1. The van der Waals surface area contributed by atoms with Gasteiger partial charge >= 0.3 is 11.7 Å². The van der Waals surface area contributed by atoms with Crippen molar-refractivity contribution in [1.29, 1.82) is 0 Å². The molecule has 0 saturated carbocycles. The highest BCUT2D eigenvalue weighted by Crippen LogP contribution is 2.26. The second-order valence-electron chi connectivity index (χ2n) is 7.73. The highest BCUT2D eigenvalue weighted by molar-refractivity contribution is 6.33. The number of carbonyl (C=O) groups excluding carboxylic acids is 1. The van der Waals surface area contributed by atoms with Crippen LogP contribution in [0.1, 0.15) is 32.7 Å². The Morgan fingerprint density at radius 2 is 1.79 bits per heavy atom. The monoisotopic (exact) mass is 482 g/mol. The van der Waals surface area contributed by atoms with E-state index in [-0.39, 0.29) is 29.9 Å². The van der Waals surface area contributed by atoms with Crippen molar-refractivity contribution in [2.24, 2.45) is 0 Å². The van der Waals surface area contributed by atoms with Gasteiger partial charge in [0.05, 0.1) is 38.6 Å². The molecule has 0 aliphatic carbocycles. The van der Waals surface area contributed by atoms with Crippen molar-refractivity contribution in [3.63, 3.8) is 0 Å². The Labute approximate surface area is 199 Å². The number of fused-ring (bicyclic) bond motifs is 1. The van der Waals surface area contributed by atoms with Crippen LogP contribution in [0.5, 0.6) is 5.75 Å². The highest BCUT2D eigenvalue weighted by atomic mass is 35.5. The van der Waals surface area contributed by atoms with E-state index in [0.717, 1.165) is 16.7 Å². The molecule has 10 nitrogen and oxygen atoms in total. The number of pyridine rings is 1. The fourth-order valence-corrected chi connectivity index (χ4v) is 4.17. The van der Waals surface area contributed by atoms with Crippen LogP contribution in [0, 0.1) is 13.8 Å². The quantitative estimate of drug-likeness (QED) is 0.328. The van der Waals surface area contributed by atoms with E-state index in [9.17, 15) is 9.59 Å². The fraction of sp³-hybridized carbons (Fsp3) is 0.261. The van der Waals surface area contributed by atoms with Gasteiger partial charge in [0.2, 0.25) is 5.95 Å². The number of methoxy groups -OCH3 is 2. The minimum Gasteiger partial charge on any atom is -0.496 e. The molecule has 1 aromatic carbocycles. The highest BCUT2D eigenvalue weighted by Gasteiger charge is 2.21. The van der Waals surface area contributed by atoms with Crippen molar-refractivity contribution in [3.8, 4) is 5.75 Å². The first-order valence-corrected chi connectivity index (χ1v) is 10.7. The SMILES string of the molecule is COC(=O)c1ccc(Cn2c(=O)n(Cc3ncc(C)c(OC)c3C)c3nc(N)nc(Cl)c32)cc1. The lowest BCUT2D eigenvalue weighted by molar-refractivity contribution is 0.0600. The number of nitrogen functional groups attached to an aromatic ring is 1. The molecule has 176 valence electrons. The number of nitrogens with two attached hydrogens (primary N) is 1. The molecule has 3 aromatic heterocycles. The molecule has 0 aliphatic rings. The van der Waals surface area contributed by atoms with Crippen molar-refractivity contribution in [2.75, 3.05) is 20.0 Å². The van der Waals surface area contributed by atoms with E-state index < -0.39 is 5.97 Å². The molecule has 34 heavy (non-hydrogen) atoms. The number of ether oxygens (including phenoxy) is 2. The van der Waals surface area contributed by atoms with Crippen molar-refractivity contribution in [1.82, 2.24) is 24.1 Å². The summed E-state index contributed by atoms with van der Waals surface area (Å²) >= 11 is 6.41. The Hall–Kier alpha value is -3.92. The number of hydrogen-bond donors (Lipinski definition) is 1. The predicted molar refractivity (Wildman–Crippen MR) is 127 cm³/mol. The van der Waals surface area contributed by atoms with Crippen LogP contribution in [-0.2, 0) is 17.8 Å². The lowest BCUT2D eigenvalue weighted by atomic mass is 10.1. The molecule has 0 fully saturated rings. The Bertz CT molecular complexity index is 1460. The normalized spacial score (nSPS) is 11.1. The minimum absolute atomic E-state index is 0.0444. The molecule has 0 radical (unpaired) electrons. The lowest BCUT2D eigenvalue weighted by Gasteiger charge is -2.12. The summed E-state index contributed by atoms with van der Waals surface area (Å²) in [6.07, 6.45) is 1.70. The summed E-state index contributed by atoms with van der Waals surface area (Å²) in [7, 11) is 2.91. The Morgan fingerprint density at radius 3 is 2.44 bits per heavy atom. The van der Waals surface area contributed by atoms with E-state index in [1.165, 1.54) is 16.2 Å². The van der Waals surface area contributed by atoms with Crippen LogP contribution in [0.25, 0.3) is 11.2 Å². The summed E-state index contributed by atoms with van der Waals surface area (Å²) in [6.45, 7) is 4.11. The molecule has 4 rings (SSSR count). The van der Waals surface area contributed by atoms with E-state index in [2.05, 4.69) is 15.0 Å². The van der Waals surface area contributed by atoms with Crippen molar-refractivity contribution < 1.29 is 14.3 Å². The van der Waals surface area contributed by atoms with Gasteiger partial charge in [-0.25, -0.2) is 9.59 Å². The van der Waals surface area contributed by atoms with Crippen LogP contribution in [0.15, 0.2) is 35.3 Å². The number of esters is 1. The molecule has 2 N–H and O–H groups in total. The number of carbonyl (C=O) groups is 1. The van der Waals surface area contributed by atoms with Gasteiger partial charge < -0.3 is 15.2 Å². The van der Waals surface area contributed by atoms with E-state index >= 15 is 0 Å². The molecule has 11 heteroatoms. The zero-order valence-electron chi connectivity index (χ0n) is 19.1. The molecule has 0 atom stereocenters. The second-order valence-corrected chi connectivity index (χ2v) is 8.09. The molecule has 0 bridgehead atoms. The van der Waals surface area contributed by atoms with Crippen LogP contribution in [-0.4, -0.2) is 44.3 Å². The summed E-state index contributed by atoms with van der Waals surface area (Å²) in [5.74, 6) is 0.222. The third-order valence-corrected chi connectivity index (χ3v) is 5.86. The average Bonchev–Trinajstić information content (AvgIpc) is 3.07. The summed E-state index contributed by atoms with van der Waals surface area (Å²) < 4.78 is 13.2. The van der Waals surface area contributed by atoms with Crippen LogP contribution in [0.4, 0.5) is 5.95 Å². The number of imidazole rings is 1. The number of rotatable bonds is 6. The van der Waals surface area contributed by atoms with Gasteiger partial charge in [-0.2, -0.15) is 9.97 Å². The van der Waals surface area contributed by atoms with Crippen molar-refractivity contribution in [2.45, 2.75) is 26.9 Å². The number of nitrogens with zero attached hydrogens (tertiary/aromatic N) is 5. The van der Waals surface area contributed by atoms with Crippen LogP contribution < -0.4 is 16.2 Å². The molecule has 4 aromatic rings. The topological polar surface area (TPSA) is 127 Å². The second kappa shape index (κ2) is 9.14. The summed E-state index contributed by atoms with van der Waals surface area (Å²) in [5, 5.41) is 0.0655. The zero-order valence-corrected chi connectivity index (χ0v) is 19.9. The van der Waals surface area contributed by atoms with Gasteiger partial charge in [-0.3, -0.25) is 14.1 Å². The maximum atomic E-state index is 13.5. The Balaban J connectivity index is 1.83. The number of hydrogen-bond acceptors (Lipinski definition) is 8. The minimum atomic E-state index is -0.441.